The second-order valence-electron chi connectivity index (χ2n) is 7.35. The van der Waals surface area contributed by atoms with Crippen molar-refractivity contribution >= 4 is 41.3 Å². The van der Waals surface area contributed by atoms with Gasteiger partial charge in [0.2, 0.25) is 0 Å². The van der Waals surface area contributed by atoms with Crippen LogP contribution >= 0.6 is 35.3 Å². The molecule has 1 aromatic carbocycles. The first kappa shape index (κ1) is 23.7. The van der Waals surface area contributed by atoms with Crippen molar-refractivity contribution in [1.82, 2.24) is 15.6 Å². The number of ether oxygens (including phenoxy) is 1. The second kappa shape index (κ2) is 10.3. The standard InChI is InChI=1S/C20H30N4OS.HI/c1-13-8-9-16(17(10-13)25-20(4,5)6)11-22-19(21-7)23-12-18-14(2)24-15(3)26-18;/h8-10H,11-12H2,1-7H3,(H2,21,22,23);1H. The molecule has 0 aliphatic carbocycles. The number of hydrogen-bond donors (Lipinski definition) is 2. The van der Waals surface area contributed by atoms with Gasteiger partial charge in [0, 0.05) is 24.0 Å². The third-order valence-electron chi connectivity index (χ3n) is 3.72. The maximum Gasteiger partial charge on any atom is 0.191 e. The van der Waals surface area contributed by atoms with Gasteiger partial charge in [-0.2, -0.15) is 0 Å². The predicted molar refractivity (Wildman–Crippen MR) is 126 cm³/mol. The van der Waals surface area contributed by atoms with Crippen molar-refractivity contribution < 1.29 is 4.74 Å². The summed E-state index contributed by atoms with van der Waals surface area (Å²) in [5, 5.41) is 7.82. The van der Waals surface area contributed by atoms with Crippen LogP contribution in [-0.4, -0.2) is 23.6 Å². The zero-order chi connectivity index (χ0) is 19.3. The first-order valence-electron chi connectivity index (χ1n) is 8.84. The van der Waals surface area contributed by atoms with Crippen LogP contribution in [0.1, 0.15) is 47.5 Å². The van der Waals surface area contributed by atoms with Crippen molar-refractivity contribution in [3.63, 3.8) is 0 Å². The minimum Gasteiger partial charge on any atom is -0.488 e. The van der Waals surface area contributed by atoms with Gasteiger partial charge in [-0.25, -0.2) is 4.98 Å². The fourth-order valence-corrected chi connectivity index (χ4v) is 3.41. The van der Waals surface area contributed by atoms with Gasteiger partial charge in [0.05, 0.1) is 17.2 Å². The summed E-state index contributed by atoms with van der Waals surface area (Å²) in [4.78, 5) is 10.0. The summed E-state index contributed by atoms with van der Waals surface area (Å²) < 4.78 is 6.12. The number of halogens is 1. The summed E-state index contributed by atoms with van der Waals surface area (Å²) in [5.41, 5.74) is 3.14. The lowest BCUT2D eigenvalue weighted by Crippen LogP contribution is -2.36. The second-order valence-corrected chi connectivity index (χ2v) is 8.63. The van der Waals surface area contributed by atoms with Crippen molar-refractivity contribution in [3.05, 3.63) is 44.9 Å². The molecular formula is C20H31IN4OS. The highest BCUT2D eigenvalue weighted by atomic mass is 127. The van der Waals surface area contributed by atoms with E-state index in [1.807, 2.05) is 13.8 Å². The van der Waals surface area contributed by atoms with E-state index < -0.39 is 0 Å². The quantitative estimate of drug-likeness (QED) is 0.353. The number of rotatable bonds is 5. The summed E-state index contributed by atoms with van der Waals surface area (Å²) in [6, 6.07) is 6.29. The highest BCUT2D eigenvalue weighted by Crippen LogP contribution is 2.24. The molecule has 150 valence electrons. The average Bonchev–Trinajstić information content (AvgIpc) is 2.85. The molecule has 0 aliphatic rings. The maximum absolute atomic E-state index is 6.12. The minimum atomic E-state index is -0.232. The Kier molecular flexibility index (Phi) is 9.01. The van der Waals surface area contributed by atoms with Crippen LogP contribution in [-0.2, 0) is 13.1 Å². The van der Waals surface area contributed by atoms with Crippen molar-refractivity contribution in [1.29, 1.82) is 0 Å². The number of aryl methyl sites for hydroxylation is 3. The number of guanidine groups is 1. The molecule has 0 fully saturated rings. The largest absolute Gasteiger partial charge is 0.488 e. The van der Waals surface area contributed by atoms with Crippen LogP contribution in [0.25, 0.3) is 0 Å². The van der Waals surface area contributed by atoms with E-state index in [2.05, 4.69) is 66.5 Å². The minimum absolute atomic E-state index is 0. The summed E-state index contributed by atoms with van der Waals surface area (Å²) in [6.07, 6.45) is 0. The lowest BCUT2D eigenvalue weighted by Gasteiger charge is -2.24. The highest BCUT2D eigenvalue weighted by Gasteiger charge is 2.15. The number of thiazole rings is 1. The lowest BCUT2D eigenvalue weighted by molar-refractivity contribution is 0.129. The molecule has 0 spiro atoms. The van der Waals surface area contributed by atoms with Crippen LogP contribution in [0, 0.1) is 20.8 Å². The first-order chi connectivity index (χ1) is 12.2. The Bertz CT molecular complexity index is 781. The zero-order valence-corrected chi connectivity index (χ0v) is 20.4. The maximum atomic E-state index is 6.12. The van der Waals surface area contributed by atoms with E-state index in [4.69, 9.17) is 4.74 Å². The van der Waals surface area contributed by atoms with Crippen molar-refractivity contribution in [2.45, 2.75) is 60.2 Å². The van der Waals surface area contributed by atoms with Crippen LogP contribution in [0.4, 0.5) is 0 Å². The van der Waals surface area contributed by atoms with Gasteiger partial charge in [-0.3, -0.25) is 4.99 Å². The van der Waals surface area contributed by atoms with Gasteiger partial charge in [0.25, 0.3) is 0 Å². The van der Waals surface area contributed by atoms with Gasteiger partial charge in [-0.15, -0.1) is 35.3 Å². The first-order valence-corrected chi connectivity index (χ1v) is 9.65. The molecular weight excluding hydrogens is 471 g/mol. The predicted octanol–water partition coefficient (Wildman–Crippen LogP) is 4.73. The van der Waals surface area contributed by atoms with Crippen LogP contribution in [0.2, 0.25) is 0 Å². The van der Waals surface area contributed by atoms with E-state index in [0.717, 1.165) is 34.5 Å². The van der Waals surface area contributed by atoms with Crippen LogP contribution in [0.3, 0.4) is 0 Å². The summed E-state index contributed by atoms with van der Waals surface area (Å²) >= 11 is 1.72. The molecule has 2 N–H and O–H groups in total. The molecule has 0 bridgehead atoms. The van der Waals surface area contributed by atoms with Gasteiger partial charge >= 0.3 is 0 Å². The molecule has 0 unspecified atom stereocenters. The molecule has 1 heterocycles. The van der Waals surface area contributed by atoms with E-state index in [0.29, 0.717) is 6.54 Å². The summed E-state index contributed by atoms with van der Waals surface area (Å²) in [6.45, 7) is 13.7. The number of nitrogens with one attached hydrogen (secondary N) is 2. The highest BCUT2D eigenvalue weighted by molar-refractivity contribution is 14.0. The Morgan fingerprint density at radius 2 is 1.81 bits per heavy atom. The molecule has 0 saturated heterocycles. The Labute approximate surface area is 184 Å². The van der Waals surface area contributed by atoms with E-state index in [1.54, 1.807) is 18.4 Å². The Morgan fingerprint density at radius 1 is 1.15 bits per heavy atom. The SMILES string of the molecule is CN=C(NCc1ccc(C)cc1OC(C)(C)C)NCc1sc(C)nc1C.I. The fraction of sp³-hybridized carbons (Fsp3) is 0.500. The van der Waals surface area contributed by atoms with Gasteiger partial charge in [-0.05, 0) is 53.2 Å². The average molecular weight is 502 g/mol. The van der Waals surface area contributed by atoms with Crippen molar-refractivity contribution in [3.8, 4) is 5.75 Å². The Morgan fingerprint density at radius 3 is 2.37 bits per heavy atom. The zero-order valence-electron chi connectivity index (χ0n) is 17.3. The molecule has 0 atom stereocenters. The van der Waals surface area contributed by atoms with Gasteiger partial charge < -0.3 is 15.4 Å². The smallest absolute Gasteiger partial charge is 0.191 e. The summed E-state index contributed by atoms with van der Waals surface area (Å²) in [7, 11) is 1.78. The number of aliphatic imine (C=N–C) groups is 1. The molecule has 0 amide bonds. The number of nitrogens with zero attached hydrogens (tertiary/aromatic N) is 2. The molecule has 1 aromatic heterocycles. The molecule has 0 radical (unpaired) electrons. The fourth-order valence-electron chi connectivity index (χ4n) is 2.53. The third kappa shape index (κ3) is 7.65. The molecule has 0 saturated carbocycles. The molecule has 27 heavy (non-hydrogen) atoms. The van der Waals surface area contributed by atoms with Gasteiger partial charge in [0.1, 0.15) is 11.4 Å². The number of hydrogen-bond acceptors (Lipinski definition) is 4. The van der Waals surface area contributed by atoms with Crippen LogP contribution in [0.5, 0.6) is 5.75 Å². The van der Waals surface area contributed by atoms with Crippen LogP contribution < -0.4 is 15.4 Å². The van der Waals surface area contributed by atoms with E-state index in [1.165, 1.54) is 10.4 Å². The number of aromatic nitrogens is 1. The monoisotopic (exact) mass is 502 g/mol. The molecule has 2 aromatic rings. The topological polar surface area (TPSA) is 58.5 Å². The number of benzene rings is 1. The summed E-state index contributed by atoms with van der Waals surface area (Å²) in [5.74, 6) is 1.67. The van der Waals surface area contributed by atoms with Crippen molar-refractivity contribution in [2.24, 2.45) is 4.99 Å². The normalized spacial score (nSPS) is 11.7. The van der Waals surface area contributed by atoms with Crippen LogP contribution in [0.15, 0.2) is 23.2 Å². The third-order valence-corrected chi connectivity index (χ3v) is 4.80. The Balaban J connectivity index is 0.00000364. The van der Waals surface area contributed by atoms with Gasteiger partial charge in [-0.1, -0.05) is 12.1 Å². The molecule has 5 nitrogen and oxygen atoms in total. The molecule has 2 rings (SSSR count). The lowest BCUT2D eigenvalue weighted by atomic mass is 10.1. The van der Waals surface area contributed by atoms with E-state index >= 15 is 0 Å². The molecule has 0 aliphatic heterocycles. The van der Waals surface area contributed by atoms with Crippen molar-refractivity contribution in [2.75, 3.05) is 7.05 Å². The van der Waals surface area contributed by atoms with E-state index in [9.17, 15) is 0 Å². The van der Waals surface area contributed by atoms with E-state index in [-0.39, 0.29) is 29.6 Å². The Hall–Kier alpha value is -1.35. The van der Waals surface area contributed by atoms with Gasteiger partial charge in [0.15, 0.2) is 5.96 Å². The molecule has 7 heteroatoms.